The average molecular weight is 282 g/mol. The largest absolute Gasteiger partial charge is 0.381 e. The normalized spacial score (nSPS) is 18.2. The van der Waals surface area contributed by atoms with E-state index < -0.39 is 0 Å². The lowest BCUT2D eigenvalue weighted by atomic mass is 9.91. The van der Waals surface area contributed by atoms with E-state index in [4.69, 9.17) is 10.5 Å². The van der Waals surface area contributed by atoms with E-state index in [-0.39, 0.29) is 17.9 Å². The maximum absolute atomic E-state index is 12.3. The van der Waals surface area contributed by atoms with Gasteiger partial charge in [-0.1, -0.05) is 6.07 Å². The molecule has 1 aliphatic rings. The number of likely N-dealkylation sites (N-methyl/N-ethyl adjacent to an activating group) is 1. The molecule has 2 N–H and O–H groups in total. The molecule has 2 rings (SSSR count). The van der Waals surface area contributed by atoms with Gasteiger partial charge in [0.2, 0.25) is 5.91 Å². The Balaban J connectivity index is 1.80. The highest BCUT2D eigenvalue weighted by Gasteiger charge is 2.28. The molecule has 0 aliphatic carbocycles. The van der Waals surface area contributed by atoms with Crippen LogP contribution in [-0.4, -0.2) is 43.7 Å². The molecule has 1 aliphatic heterocycles. The zero-order chi connectivity index (χ0) is 13.7. The van der Waals surface area contributed by atoms with E-state index in [1.54, 1.807) is 16.2 Å². The van der Waals surface area contributed by atoms with Crippen LogP contribution in [0.1, 0.15) is 17.7 Å². The first-order chi connectivity index (χ1) is 9.18. The summed E-state index contributed by atoms with van der Waals surface area (Å²) in [5.74, 6) is 0.328. The Hall–Kier alpha value is -0.910. The van der Waals surface area contributed by atoms with Crippen molar-refractivity contribution in [1.82, 2.24) is 4.90 Å². The summed E-state index contributed by atoms with van der Waals surface area (Å²) in [6.45, 7) is 2.19. The molecule has 1 amide bonds. The van der Waals surface area contributed by atoms with Crippen molar-refractivity contribution in [2.45, 2.75) is 25.3 Å². The molecule has 1 saturated heterocycles. The smallest absolute Gasteiger partial charge is 0.239 e. The van der Waals surface area contributed by atoms with Gasteiger partial charge in [-0.3, -0.25) is 4.79 Å². The summed E-state index contributed by atoms with van der Waals surface area (Å²) < 4.78 is 5.31. The number of nitrogens with two attached hydrogens (primary N) is 1. The molecule has 2 heterocycles. The molecule has 5 heteroatoms. The van der Waals surface area contributed by atoms with Crippen LogP contribution in [0.5, 0.6) is 0 Å². The van der Waals surface area contributed by atoms with Crippen LogP contribution in [0.4, 0.5) is 0 Å². The van der Waals surface area contributed by atoms with E-state index in [0.29, 0.717) is 0 Å². The fourth-order valence-electron chi connectivity index (χ4n) is 2.37. The number of hydrogen-bond acceptors (Lipinski definition) is 4. The number of carbonyl (C=O) groups excluding carboxylic acids is 1. The van der Waals surface area contributed by atoms with Crippen molar-refractivity contribution in [3.8, 4) is 0 Å². The third-order valence-corrected chi connectivity index (χ3v) is 4.65. The summed E-state index contributed by atoms with van der Waals surface area (Å²) in [6, 6.07) is 3.76. The molecule has 0 aromatic carbocycles. The molecule has 4 nitrogen and oxygen atoms in total. The van der Waals surface area contributed by atoms with Gasteiger partial charge in [-0.15, -0.1) is 11.3 Å². The summed E-state index contributed by atoms with van der Waals surface area (Å²) >= 11 is 1.73. The molecular formula is C14H22N2O2S. The van der Waals surface area contributed by atoms with Gasteiger partial charge in [-0.2, -0.15) is 0 Å². The fraction of sp³-hybridized carbons (Fsp3) is 0.643. The third kappa shape index (κ3) is 4.03. The van der Waals surface area contributed by atoms with Gasteiger partial charge in [0, 0.05) is 31.7 Å². The van der Waals surface area contributed by atoms with Crippen molar-refractivity contribution in [2.75, 3.05) is 26.8 Å². The van der Waals surface area contributed by atoms with Crippen molar-refractivity contribution < 1.29 is 9.53 Å². The summed E-state index contributed by atoms with van der Waals surface area (Å²) in [7, 11) is 1.84. The number of hydrogen-bond donors (Lipinski definition) is 1. The molecule has 0 bridgehead atoms. The summed E-state index contributed by atoms with van der Waals surface area (Å²) in [5, 5.41) is 2.06. The minimum atomic E-state index is -0.378. The fourth-order valence-corrected chi connectivity index (χ4v) is 3.07. The van der Waals surface area contributed by atoms with Crippen LogP contribution >= 0.6 is 11.3 Å². The average Bonchev–Trinajstić information content (AvgIpc) is 2.97. The zero-order valence-corrected chi connectivity index (χ0v) is 12.2. The highest BCUT2D eigenvalue weighted by molar-refractivity contribution is 7.09. The number of rotatable bonds is 5. The van der Waals surface area contributed by atoms with Crippen molar-refractivity contribution in [3.63, 3.8) is 0 Å². The number of ether oxygens (including phenoxy) is 1. The van der Waals surface area contributed by atoms with Crippen LogP contribution in [0.2, 0.25) is 0 Å². The van der Waals surface area contributed by atoms with Crippen LogP contribution in [0.15, 0.2) is 17.5 Å². The standard InChI is InChI=1S/C14H22N2O2S/c1-16(7-4-12-3-2-10-19-12)14(17)13(15)11-5-8-18-9-6-11/h2-3,10-11,13H,4-9,15H2,1H3. The minimum absolute atomic E-state index is 0.0588. The van der Waals surface area contributed by atoms with E-state index in [1.807, 2.05) is 13.1 Å². The predicted octanol–water partition coefficient (Wildman–Crippen LogP) is 1.50. The van der Waals surface area contributed by atoms with Gasteiger partial charge in [0.05, 0.1) is 6.04 Å². The van der Waals surface area contributed by atoms with Crippen LogP contribution in [0, 0.1) is 5.92 Å². The molecule has 106 valence electrons. The Morgan fingerprint density at radius 1 is 1.58 bits per heavy atom. The summed E-state index contributed by atoms with van der Waals surface area (Å²) in [6.07, 6.45) is 2.69. The second kappa shape index (κ2) is 7.03. The number of amides is 1. The van der Waals surface area contributed by atoms with E-state index in [2.05, 4.69) is 11.4 Å². The molecule has 1 fully saturated rings. The molecule has 0 spiro atoms. The van der Waals surface area contributed by atoms with Gasteiger partial charge >= 0.3 is 0 Å². The first-order valence-corrected chi connectivity index (χ1v) is 7.67. The summed E-state index contributed by atoms with van der Waals surface area (Å²) in [5.41, 5.74) is 6.10. The third-order valence-electron chi connectivity index (χ3n) is 3.71. The number of thiophene rings is 1. The quantitative estimate of drug-likeness (QED) is 0.890. The second-order valence-electron chi connectivity index (χ2n) is 5.06. The van der Waals surface area contributed by atoms with Crippen LogP contribution < -0.4 is 5.73 Å². The topological polar surface area (TPSA) is 55.6 Å². The van der Waals surface area contributed by atoms with Crippen molar-refractivity contribution in [2.24, 2.45) is 11.7 Å². The summed E-state index contributed by atoms with van der Waals surface area (Å²) in [4.78, 5) is 15.3. The van der Waals surface area contributed by atoms with Gasteiger partial charge in [-0.05, 0) is 36.6 Å². The SMILES string of the molecule is CN(CCc1cccs1)C(=O)C(N)C1CCOCC1. The Labute approximate surface area is 118 Å². The number of carbonyl (C=O) groups is 1. The Kier molecular flexibility index (Phi) is 5.36. The molecule has 1 aromatic heterocycles. The second-order valence-corrected chi connectivity index (χ2v) is 6.10. The lowest BCUT2D eigenvalue weighted by Gasteiger charge is -2.29. The molecule has 19 heavy (non-hydrogen) atoms. The molecular weight excluding hydrogens is 260 g/mol. The van der Waals surface area contributed by atoms with Crippen molar-refractivity contribution in [3.05, 3.63) is 22.4 Å². The maximum Gasteiger partial charge on any atom is 0.239 e. The van der Waals surface area contributed by atoms with Gasteiger partial charge in [-0.25, -0.2) is 0 Å². The highest BCUT2D eigenvalue weighted by atomic mass is 32.1. The highest BCUT2D eigenvalue weighted by Crippen LogP contribution is 2.19. The number of nitrogens with zero attached hydrogens (tertiary/aromatic N) is 1. The molecule has 1 aromatic rings. The van der Waals surface area contributed by atoms with Gasteiger partial charge < -0.3 is 15.4 Å². The Morgan fingerprint density at radius 2 is 2.32 bits per heavy atom. The Bertz CT molecular complexity index is 388. The van der Waals surface area contributed by atoms with Crippen LogP contribution in [0.25, 0.3) is 0 Å². The van der Waals surface area contributed by atoms with Crippen LogP contribution in [-0.2, 0) is 16.0 Å². The van der Waals surface area contributed by atoms with Gasteiger partial charge in [0.25, 0.3) is 0 Å². The lowest BCUT2D eigenvalue weighted by Crippen LogP contribution is -2.48. The van der Waals surface area contributed by atoms with E-state index in [9.17, 15) is 4.79 Å². The maximum atomic E-state index is 12.3. The zero-order valence-electron chi connectivity index (χ0n) is 11.4. The van der Waals surface area contributed by atoms with Gasteiger partial charge in [0.15, 0.2) is 0 Å². The van der Waals surface area contributed by atoms with E-state index >= 15 is 0 Å². The predicted molar refractivity (Wildman–Crippen MR) is 77.2 cm³/mol. The first kappa shape index (κ1) is 14.5. The van der Waals surface area contributed by atoms with Crippen LogP contribution in [0.3, 0.4) is 0 Å². The van der Waals surface area contributed by atoms with Crippen molar-refractivity contribution >= 4 is 17.2 Å². The Morgan fingerprint density at radius 3 is 2.95 bits per heavy atom. The van der Waals surface area contributed by atoms with Crippen molar-refractivity contribution in [1.29, 1.82) is 0 Å². The molecule has 1 atom stereocenters. The first-order valence-electron chi connectivity index (χ1n) is 6.79. The molecule has 0 saturated carbocycles. The van der Waals surface area contributed by atoms with Gasteiger partial charge in [0.1, 0.15) is 0 Å². The molecule has 0 radical (unpaired) electrons. The molecule has 1 unspecified atom stereocenters. The minimum Gasteiger partial charge on any atom is -0.381 e. The van der Waals surface area contributed by atoms with E-state index in [0.717, 1.165) is 39.0 Å². The monoisotopic (exact) mass is 282 g/mol. The van der Waals surface area contributed by atoms with E-state index in [1.165, 1.54) is 4.88 Å². The lowest BCUT2D eigenvalue weighted by molar-refractivity contribution is -0.133.